The number of amides is 2. The number of nitrogens with one attached hydrogen (secondary N) is 3. The summed E-state index contributed by atoms with van der Waals surface area (Å²) in [6.45, 7) is 5.80. The van der Waals surface area contributed by atoms with Crippen molar-refractivity contribution < 1.29 is 28.7 Å². The molecule has 0 spiro atoms. The number of carbonyl (C=O) groups is 4. The smallest absolute Gasteiger partial charge is 0.328 e. The normalized spacial score (nSPS) is 12.1. The Labute approximate surface area is 209 Å². The zero-order valence-electron chi connectivity index (χ0n) is 21.4. The van der Waals surface area contributed by atoms with Gasteiger partial charge in [-0.15, -0.1) is 0 Å². The van der Waals surface area contributed by atoms with E-state index in [9.17, 15) is 24.0 Å². The van der Waals surface area contributed by atoms with Gasteiger partial charge in [0.15, 0.2) is 0 Å². The number of anilines is 1. The fraction of sp³-hybridized carbons (Fsp3) is 0.583. The van der Waals surface area contributed by atoms with Crippen molar-refractivity contribution in [2.45, 2.75) is 71.9 Å². The molecule has 2 amide bonds. The van der Waals surface area contributed by atoms with Gasteiger partial charge in [0.05, 0.1) is 25.9 Å². The Bertz CT molecular complexity index is 1150. The predicted octanol–water partition coefficient (Wildman–Crippen LogP) is 1.88. The lowest BCUT2D eigenvalue weighted by atomic mass is 9.96. The standard InChI is InChI=1S/C24H35N5O7/c1-24(2,3)23(34)28-17-13-15-20(27-17)25-14-29(21(15)32)12-8-6-7-9-18(30)26-16(22(33)36-5)10-11-19(31)35-4/h13-14,16,27H,6-12H2,1-5H3,(H,26,30)(H,28,34)/t16-/m0/s1. The number of methoxy groups -OCH3 is 2. The van der Waals surface area contributed by atoms with Crippen LogP contribution in [0.4, 0.5) is 5.82 Å². The van der Waals surface area contributed by atoms with E-state index in [0.29, 0.717) is 42.7 Å². The SMILES string of the molecule is COC(=O)CC[C@H](NC(=O)CCCCCn1cnc2[nH]c(NC(=O)C(C)(C)C)cc2c1=O)C(=O)OC. The molecule has 0 aliphatic heterocycles. The molecule has 12 heteroatoms. The van der Waals surface area contributed by atoms with Crippen LogP contribution < -0.4 is 16.2 Å². The van der Waals surface area contributed by atoms with Gasteiger partial charge in [0.1, 0.15) is 17.5 Å². The van der Waals surface area contributed by atoms with E-state index < -0.39 is 23.4 Å². The maximum atomic E-state index is 12.8. The largest absolute Gasteiger partial charge is 0.469 e. The first-order valence-corrected chi connectivity index (χ1v) is 11.8. The zero-order valence-corrected chi connectivity index (χ0v) is 21.4. The summed E-state index contributed by atoms with van der Waals surface area (Å²) in [6.07, 6.45) is 3.57. The van der Waals surface area contributed by atoms with E-state index in [-0.39, 0.29) is 36.6 Å². The number of aryl methyl sites for hydroxylation is 1. The highest BCUT2D eigenvalue weighted by Crippen LogP contribution is 2.19. The minimum Gasteiger partial charge on any atom is -0.469 e. The zero-order chi connectivity index (χ0) is 26.9. The molecular formula is C24H35N5O7. The molecule has 12 nitrogen and oxygen atoms in total. The highest BCUT2D eigenvalue weighted by atomic mass is 16.5. The summed E-state index contributed by atoms with van der Waals surface area (Å²) in [5.41, 5.74) is -0.410. The Morgan fingerprint density at radius 2 is 1.81 bits per heavy atom. The molecule has 0 fully saturated rings. The van der Waals surface area contributed by atoms with Crippen LogP contribution in [0, 0.1) is 5.41 Å². The lowest BCUT2D eigenvalue weighted by Crippen LogP contribution is -2.41. The van der Waals surface area contributed by atoms with Crippen LogP contribution in [-0.4, -0.2) is 58.5 Å². The van der Waals surface area contributed by atoms with Gasteiger partial charge in [0, 0.05) is 24.8 Å². The van der Waals surface area contributed by atoms with Crippen molar-refractivity contribution in [3.05, 3.63) is 22.7 Å². The molecule has 0 radical (unpaired) electrons. The fourth-order valence-corrected chi connectivity index (χ4v) is 3.35. The highest BCUT2D eigenvalue weighted by molar-refractivity contribution is 5.96. The van der Waals surface area contributed by atoms with Gasteiger partial charge in [-0.05, 0) is 25.3 Å². The van der Waals surface area contributed by atoms with Gasteiger partial charge >= 0.3 is 11.9 Å². The van der Waals surface area contributed by atoms with Crippen LogP contribution in [0.3, 0.4) is 0 Å². The summed E-state index contributed by atoms with van der Waals surface area (Å²) in [4.78, 5) is 67.6. The summed E-state index contributed by atoms with van der Waals surface area (Å²) in [7, 11) is 2.46. The summed E-state index contributed by atoms with van der Waals surface area (Å²) in [6, 6.07) is 0.657. The Balaban J connectivity index is 1.84. The van der Waals surface area contributed by atoms with Gasteiger partial charge in [-0.3, -0.25) is 23.7 Å². The molecule has 0 aliphatic carbocycles. The third-order valence-electron chi connectivity index (χ3n) is 5.53. The van der Waals surface area contributed by atoms with E-state index in [2.05, 4.69) is 30.1 Å². The Morgan fingerprint density at radius 3 is 2.44 bits per heavy atom. The van der Waals surface area contributed by atoms with Crippen LogP contribution in [0.5, 0.6) is 0 Å². The molecule has 0 aromatic carbocycles. The van der Waals surface area contributed by atoms with E-state index in [0.717, 1.165) is 0 Å². The second-order valence-corrected chi connectivity index (χ2v) is 9.46. The first-order valence-electron chi connectivity index (χ1n) is 11.8. The third kappa shape index (κ3) is 8.21. The Morgan fingerprint density at radius 1 is 1.08 bits per heavy atom. The summed E-state index contributed by atoms with van der Waals surface area (Å²) >= 11 is 0. The predicted molar refractivity (Wildman–Crippen MR) is 132 cm³/mol. The topological polar surface area (TPSA) is 161 Å². The Hall–Kier alpha value is -3.70. The maximum Gasteiger partial charge on any atom is 0.328 e. The van der Waals surface area contributed by atoms with Crippen LogP contribution in [0.1, 0.15) is 59.3 Å². The molecule has 0 saturated heterocycles. The van der Waals surface area contributed by atoms with E-state index in [1.54, 1.807) is 26.8 Å². The lowest BCUT2D eigenvalue weighted by molar-refractivity contribution is -0.146. The first-order chi connectivity index (χ1) is 17.0. The second-order valence-electron chi connectivity index (χ2n) is 9.46. The molecule has 198 valence electrons. The first kappa shape index (κ1) is 28.5. The second kappa shape index (κ2) is 12.8. The fourth-order valence-electron chi connectivity index (χ4n) is 3.35. The average Bonchev–Trinajstić information content (AvgIpc) is 3.24. The number of nitrogens with zero attached hydrogens (tertiary/aromatic N) is 2. The summed E-state index contributed by atoms with van der Waals surface area (Å²) < 4.78 is 10.7. The van der Waals surface area contributed by atoms with Crippen molar-refractivity contribution in [1.82, 2.24) is 19.9 Å². The van der Waals surface area contributed by atoms with Gasteiger partial charge < -0.3 is 25.1 Å². The van der Waals surface area contributed by atoms with Gasteiger partial charge in [-0.25, -0.2) is 9.78 Å². The molecule has 2 aromatic rings. The number of carbonyl (C=O) groups excluding carboxylic acids is 4. The van der Waals surface area contributed by atoms with E-state index in [1.165, 1.54) is 25.1 Å². The number of esters is 2. The highest BCUT2D eigenvalue weighted by Gasteiger charge is 2.23. The van der Waals surface area contributed by atoms with Crippen molar-refractivity contribution in [2.75, 3.05) is 19.5 Å². The number of unbranched alkanes of at least 4 members (excludes halogenated alkanes) is 2. The van der Waals surface area contributed by atoms with E-state index in [1.807, 2.05) is 0 Å². The minimum absolute atomic E-state index is 0.0186. The van der Waals surface area contributed by atoms with Crippen molar-refractivity contribution in [3.63, 3.8) is 0 Å². The number of aromatic nitrogens is 3. The molecule has 3 N–H and O–H groups in total. The number of hydrogen-bond donors (Lipinski definition) is 3. The molecule has 0 unspecified atom stereocenters. The van der Waals surface area contributed by atoms with Gasteiger partial charge in [0.2, 0.25) is 11.8 Å². The molecule has 2 heterocycles. The molecule has 36 heavy (non-hydrogen) atoms. The van der Waals surface area contributed by atoms with Crippen molar-refractivity contribution >= 4 is 40.6 Å². The lowest BCUT2D eigenvalue weighted by Gasteiger charge is -2.16. The molecular weight excluding hydrogens is 470 g/mol. The number of rotatable bonds is 12. The molecule has 0 aliphatic rings. The average molecular weight is 506 g/mol. The van der Waals surface area contributed by atoms with Crippen LogP contribution in [-0.2, 0) is 35.2 Å². The van der Waals surface area contributed by atoms with Crippen molar-refractivity contribution in [3.8, 4) is 0 Å². The maximum absolute atomic E-state index is 12.8. The molecule has 2 aromatic heterocycles. The van der Waals surface area contributed by atoms with Crippen molar-refractivity contribution in [1.29, 1.82) is 0 Å². The van der Waals surface area contributed by atoms with Crippen LogP contribution >= 0.6 is 0 Å². The third-order valence-corrected chi connectivity index (χ3v) is 5.53. The monoisotopic (exact) mass is 505 g/mol. The number of aromatic amines is 1. The van der Waals surface area contributed by atoms with Crippen molar-refractivity contribution in [2.24, 2.45) is 5.41 Å². The van der Waals surface area contributed by atoms with Gasteiger partial charge in [-0.1, -0.05) is 27.2 Å². The quantitative estimate of drug-likeness (QED) is 0.291. The van der Waals surface area contributed by atoms with E-state index in [4.69, 9.17) is 0 Å². The molecule has 0 saturated carbocycles. The molecule has 1 atom stereocenters. The molecule has 2 rings (SSSR count). The summed E-state index contributed by atoms with van der Waals surface area (Å²) in [5.74, 6) is -1.20. The van der Waals surface area contributed by atoms with Gasteiger partial charge in [0.25, 0.3) is 5.56 Å². The van der Waals surface area contributed by atoms with E-state index >= 15 is 0 Å². The number of ether oxygens (including phenoxy) is 2. The molecule has 0 bridgehead atoms. The number of hydrogen-bond acceptors (Lipinski definition) is 8. The minimum atomic E-state index is -0.919. The Kier molecular flexibility index (Phi) is 10.2. The van der Waals surface area contributed by atoms with Gasteiger partial charge in [-0.2, -0.15) is 0 Å². The number of H-pyrrole nitrogens is 1. The van der Waals surface area contributed by atoms with Crippen LogP contribution in [0.2, 0.25) is 0 Å². The van der Waals surface area contributed by atoms with Crippen LogP contribution in [0.25, 0.3) is 11.0 Å². The number of fused-ring (bicyclic) bond motifs is 1. The van der Waals surface area contributed by atoms with Crippen LogP contribution in [0.15, 0.2) is 17.2 Å². The summed E-state index contributed by atoms with van der Waals surface area (Å²) in [5, 5.41) is 5.72.